The number of carbonyl (C=O) groups excluding carboxylic acids is 1. The maximum atomic E-state index is 12.1. The number of β-lactam (4-membered cyclic amide) rings is 1. The summed E-state index contributed by atoms with van der Waals surface area (Å²) in [5.41, 5.74) is 6.89. The topological polar surface area (TPSA) is 104 Å². The molecule has 0 radical (unpaired) electrons. The predicted octanol–water partition coefficient (Wildman–Crippen LogP) is 0.789. The van der Waals surface area contributed by atoms with Crippen LogP contribution in [-0.4, -0.2) is 44.1 Å². The summed E-state index contributed by atoms with van der Waals surface area (Å²) in [7, 11) is 0. The summed E-state index contributed by atoms with van der Waals surface area (Å²) in [6, 6.07) is 1.46. The van der Waals surface area contributed by atoms with Gasteiger partial charge < -0.3 is 20.8 Å². The number of nitrogens with zero attached hydrogens (tertiary/aromatic N) is 1. The van der Waals surface area contributed by atoms with Gasteiger partial charge in [-0.15, -0.1) is 11.3 Å². The second-order valence-electron chi connectivity index (χ2n) is 5.44. The van der Waals surface area contributed by atoms with Crippen molar-refractivity contribution in [2.24, 2.45) is 11.7 Å². The first-order valence-electron chi connectivity index (χ1n) is 6.69. The zero-order valence-corrected chi connectivity index (χ0v) is 13.3. The van der Waals surface area contributed by atoms with Crippen molar-refractivity contribution < 1.29 is 19.8 Å². The monoisotopic (exact) mass is 338 g/mol. The van der Waals surface area contributed by atoms with Gasteiger partial charge in [0.2, 0.25) is 5.91 Å². The van der Waals surface area contributed by atoms with E-state index >= 15 is 0 Å². The highest BCUT2D eigenvalue weighted by atomic mass is 32.1. The van der Waals surface area contributed by atoms with Crippen LogP contribution in [-0.2, 0) is 9.59 Å². The van der Waals surface area contributed by atoms with Crippen LogP contribution in [0.3, 0.4) is 0 Å². The number of rotatable bonds is 4. The number of thiocarbonyl (C=S) groups is 1. The number of hydrogen-bond donors (Lipinski definition) is 3. The van der Waals surface area contributed by atoms with Crippen LogP contribution >= 0.6 is 23.6 Å². The van der Waals surface area contributed by atoms with Gasteiger partial charge in [-0.25, -0.2) is 4.79 Å². The zero-order chi connectivity index (χ0) is 16.2. The minimum absolute atomic E-state index is 0.000750. The Kier molecular flexibility index (Phi) is 3.54. The molecule has 1 fully saturated rings. The SMILES string of the molecule is C[C@@H](O)C1C(=O)N2C(C(=O)O)=C(c3csc(C(N)=S)c3)CC12. The molecule has 0 saturated carbocycles. The number of hydrogen-bond acceptors (Lipinski definition) is 5. The molecule has 8 heteroatoms. The van der Waals surface area contributed by atoms with Crippen LogP contribution in [0.4, 0.5) is 0 Å². The van der Waals surface area contributed by atoms with Crippen LogP contribution in [0.25, 0.3) is 5.57 Å². The lowest BCUT2D eigenvalue weighted by Gasteiger charge is -2.44. The molecule has 2 unspecified atom stereocenters. The summed E-state index contributed by atoms with van der Waals surface area (Å²) < 4.78 is 0. The van der Waals surface area contributed by atoms with Crippen molar-refractivity contribution in [3.8, 4) is 0 Å². The number of aliphatic hydroxyl groups is 1. The summed E-state index contributed by atoms with van der Waals surface area (Å²) >= 11 is 6.26. The number of aliphatic hydroxyl groups excluding tert-OH is 1. The number of amides is 1. The Morgan fingerprint density at radius 2 is 2.27 bits per heavy atom. The van der Waals surface area contributed by atoms with E-state index in [1.807, 2.05) is 0 Å². The molecule has 3 heterocycles. The first-order chi connectivity index (χ1) is 10.3. The predicted molar refractivity (Wildman–Crippen MR) is 85.2 cm³/mol. The Morgan fingerprint density at radius 1 is 1.59 bits per heavy atom. The van der Waals surface area contributed by atoms with Crippen molar-refractivity contribution >= 4 is 46.0 Å². The van der Waals surface area contributed by atoms with Gasteiger partial charge in [-0.05, 0) is 35.9 Å². The largest absolute Gasteiger partial charge is 0.477 e. The highest BCUT2D eigenvalue weighted by Gasteiger charge is 2.56. The maximum absolute atomic E-state index is 12.1. The third kappa shape index (κ3) is 2.06. The molecule has 3 rings (SSSR count). The van der Waals surface area contributed by atoms with E-state index in [1.54, 1.807) is 18.4 Å². The van der Waals surface area contributed by atoms with E-state index in [4.69, 9.17) is 18.0 Å². The molecular formula is C14H14N2O4S2. The lowest BCUT2D eigenvalue weighted by atomic mass is 9.82. The third-order valence-electron chi connectivity index (χ3n) is 4.12. The Labute approximate surface area is 135 Å². The van der Waals surface area contributed by atoms with E-state index in [0.717, 1.165) is 5.56 Å². The fourth-order valence-electron chi connectivity index (χ4n) is 3.15. The molecule has 2 aliphatic rings. The quantitative estimate of drug-likeness (QED) is 0.554. The third-order valence-corrected chi connectivity index (χ3v) is 5.43. The molecule has 0 aliphatic carbocycles. The highest BCUT2D eigenvalue weighted by molar-refractivity contribution is 7.81. The summed E-state index contributed by atoms with van der Waals surface area (Å²) in [6.07, 6.45) is -0.381. The average molecular weight is 338 g/mol. The van der Waals surface area contributed by atoms with Crippen LogP contribution in [0.15, 0.2) is 17.1 Å². The lowest BCUT2D eigenvalue weighted by molar-refractivity contribution is -0.161. The average Bonchev–Trinajstić information content (AvgIpc) is 2.99. The number of fused-ring (bicyclic) bond motifs is 1. The van der Waals surface area contributed by atoms with Gasteiger partial charge in [0.05, 0.1) is 22.9 Å². The Hall–Kier alpha value is -1.77. The first-order valence-corrected chi connectivity index (χ1v) is 7.98. The van der Waals surface area contributed by atoms with Gasteiger partial charge in [0.25, 0.3) is 0 Å². The molecule has 116 valence electrons. The molecule has 22 heavy (non-hydrogen) atoms. The van der Waals surface area contributed by atoms with Crippen molar-refractivity contribution in [1.29, 1.82) is 0 Å². The molecule has 0 aromatic carbocycles. The van der Waals surface area contributed by atoms with E-state index in [-0.39, 0.29) is 22.6 Å². The molecule has 1 aromatic rings. The van der Waals surface area contributed by atoms with Gasteiger partial charge >= 0.3 is 5.97 Å². The van der Waals surface area contributed by atoms with E-state index < -0.39 is 18.0 Å². The van der Waals surface area contributed by atoms with Crippen LogP contribution in [0.1, 0.15) is 23.8 Å². The number of carbonyl (C=O) groups is 2. The van der Waals surface area contributed by atoms with Crippen molar-refractivity contribution in [3.05, 3.63) is 27.6 Å². The maximum Gasteiger partial charge on any atom is 0.352 e. The van der Waals surface area contributed by atoms with Crippen molar-refractivity contribution in [1.82, 2.24) is 4.90 Å². The van der Waals surface area contributed by atoms with Crippen molar-refractivity contribution in [2.75, 3.05) is 0 Å². The summed E-state index contributed by atoms with van der Waals surface area (Å²) in [4.78, 5) is 25.9. The molecule has 3 atom stereocenters. The molecule has 1 aromatic heterocycles. The van der Waals surface area contributed by atoms with Gasteiger partial charge in [0.15, 0.2) is 0 Å². The zero-order valence-electron chi connectivity index (χ0n) is 11.6. The van der Waals surface area contributed by atoms with Crippen LogP contribution in [0.5, 0.6) is 0 Å². The van der Waals surface area contributed by atoms with E-state index in [0.29, 0.717) is 16.9 Å². The standard InChI is InChI=1S/C14H14N2O4S2/c1-5(17)10-8-3-7(6-2-9(12(15)21)22-4-6)11(14(19)20)16(8)13(10)18/h2,4-5,8,10,17H,3H2,1H3,(H2,15,21)(H,19,20)/t5-,8?,10?/m1/s1. The van der Waals surface area contributed by atoms with Crippen molar-refractivity contribution in [2.45, 2.75) is 25.5 Å². The highest BCUT2D eigenvalue weighted by Crippen LogP contribution is 2.47. The second kappa shape index (κ2) is 5.15. The lowest BCUT2D eigenvalue weighted by Crippen LogP contribution is -2.61. The van der Waals surface area contributed by atoms with Crippen LogP contribution in [0, 0.1) is 5.92 Å². The van der Waals surface area contributed by atoms with Crippen LogP contribution in [0.2, 0.25) is 0 Å². The Morgan fingerprint density at radius 3 is 2.77 bits per heavy atom. The molecule has 0 spiro atoms. The van der Waals surface area contributed by atoms with Gasteiger partial charge in [0, 0.05) is 0 Å². The van der Waals surface area contributed by atoms with E-state index in [1.165, 1.54) is 16.2 Å². The number of nitrogens with two attached hydrogens (primary N) is 1. The van der Waals surface area contributed by atoms with E-state index in [2.05, 4.69) is 0 Å². The minimum atomic E-state index is -1.14. The summed E-state index contributed by atoms with van der Waals surface area (Å²) in [6.45, 7) is 1.55. The Bertz CT molecular complexity index is 722. The molecule has 1 saturated heterocycles. The molecule has 2 aliphatic heterocycles. The molecule has 6 nitrogen and oxygen atoms in total. The van der Waals surface area contributed by atoms with Gasteiger partial charge in [-0.1, -0.05) is 12.2 Å². The summed E-state index contributed by atoms with van der Waals surface area (Å²) in [5.74, 6) is -2.02. The molecular weight excluding hydrogens is 324 g/mol. The first kappa shape index (κ1) is 15.1. The molecule has 0 bridgehead atoms. The number of aliphatic carboxylic acids is 1. The second-order valence-corrected chi connectivity index (χ2v) is 6.79. The normalized spacial score (nSPS) is 25.0. The van der Waals surface area contributed by atoms with E-state index in [9.17, 15) is 19.8 Å². The van der Waals surface area contributed by atoms with Gasteiger partial charge in [-0.3, -0.25) is 4.79 Å². The smallest absolute Gasteiger partial charge is 0.352 e. The Balaban J connectivity index is 2.01. The number of thiophene rings is 1. The minimum Gasteiger partial charge on any atom is -0.477 e. The molecule has 4 N–H and O–H groups in total. The molecule has 1 amide bonds. The van der Waals surface area contributed by atoms with Gasteiger partial charge in [-0.2, -0.15) is 0 Å². The summed E-state index contributed by atoms with van der Waals surface area (Å²) in [5, 5.41) is 21.0. The number of carboxylic acids is 1. The fourth-order valence-corrected chi connectivity index (χ4v) is 4.13. The van der Waals surface area contributed by atoms with Gasteiger partial charge in [0.1, 0.15) is 10.7 Å². The van der Waals surface area contributed by atoms with Crippen molar-refractivity contribution in [3.63, 3.8) is 0 Å². The van der Waals surface area contributed by atoms with Crippen LogP contribution < -0.4 is 5.73 Å². The fraction of sp³-hybridized carbons (Fsp3) is 0.357. The number of carboxylic acid groups (broad SMARTS) is 1.